The van der Waals surface area contributed by atoms with E-state index in [4.69, 9.17) is 9.47 Å². The molecule has 0 spiro atoms. The summed E-state index contributed by atoms with van der Waals surface area (Å²) >= 11 is 0. The van der Waals surface area contributed by atoms with Crippen LogP contribution < -0.4 is 0 Å². The maximum atomic E-state index is 11.0. The van der Waals surface area contributed by atoms with Crippen molar-refractivity contribution in [3.8, 4) is 0 Å². The molecule has 3 rings (SSSR count). The van der Waals surface area contributed by atoms with Crippen molar-refractivity contribution in [3.63, 3.8) is 0 Å². The van der Waals surface area contributed by atoms with E-state index in [0.717, 1.165) is 30.4 Å². The maximum absolute atomic E-state index is 11.0. The normalized spacial score (nSPS) is 28.6. The van der Waals surface area contributed by atoms with Crippen LogP contribution in [0.5, 0.6) is 0 Å². The third-order valence-electron chi connectivity index (χ3n) is 4.41. The van der Waals surface area contributed by atoms with Gasteiger partial charge in [-0.3, -0.25) is 0 Å². The molecule has 3 heteroatoms. The van der Waals surface area contributed by atoms with Gasteiger partial charge in [0.15, 0.2) is 5.79 Å². The predicted molar refractivity (Wildman–Crippen MR) is 77.2 cm³/mol. The van der Waals surface area contributed by atoms with Crippen molar-refractivity contribution in [2.75, 3.05) is 13.2 Å². The Labute approximate surface area is 120 Å². The molecule has 2 aliphatic rings. The fourth-order valence-electron chi connectivity index (χ4n) is 3.35. The summed E-state index contributed by atoms with van der Waals surface area (Å²) < 4.78 is 11.8. The molecule has 3 nitrogen and oxygen atoms in total. The van der Waals surface area contributed by atoms with Crippen molar-refractivity contribution in [3.05, 3.63) is 47.0 Å². The monoisotopic (exact) mass is 274 g/mol. The summed E-state index contributed by atoms with van der Waals surface area (Å²) in [6.45, 7) is 5.34. The molecule has 0 amide bonds. The number of benzene rings is 1. The molecule has 1 saturated heterocycles. The molecular formula is C17H22O3. The molecule has 1 unspecified atom stereocenters. The number of ether oxygens (including phenoxy) is 2. The molecular weight excluding hydrogens is 252 g/mol. The largest absolute Gasteiger partial charge is 0.381 e. The first-order valence-corrected chi connectivity index (χ1v) is 7.38. The number of hydrogen-bond donors (Lipinski definition) is 1. The van der Waals surface area contributed by atoms with Crippen LogP contribution in [0.15, 0.2) is 35.9 Å². The van der Waals surface area contributed by atoms with Gasteiger partial charge in [-0.1, -0.05) is 36.8 Å². The molecule has 1 aliphatic carbocycles. The van der Waals surface area contributed by atoms with E-state index in [-0.39, 0.29) is 0 Å². The van der Waals surface area contributed by atoms with E-state index in [1.807, 2.05) is 30.3 Å². The summed E-state index contributed by atoms with van der Waals surface area (Å²) in [4.78, 5) is 0. The summed E-state index contributed by atoms with van der Waals surface area (Å²) in [5, 5.41) is 11.0. The van der Waals surface area contributed by atoms with E-state index in [2.05, 4.69) is 13.8 Å². The Morgan fingerprint density at radius 1 is 1.15 bits per heavy atom. The van der Waals surface area contributed by atoms with E-state index in [9.17, 15) is 5.11 Å². The number of hydrogen-bond acceptors (Lipinski definition) is 3. The average Bonchev–Trinajstić information content (AvgIpc) is 3.07. The van der Waals surface area contributed by atoms with Gasteiger partial charge < -0.3 is 14.6 Å². The highest BCUT2D eigenvalue weighted by atomic mass is 16.7. The summed E-state index contributed by atoms with van der Waals surface area (Å²) in [6, 6.07) is 7.96. The molecule has 1 aromatic rings. The molecule has 1 heterocycles. The SMILES string of the molecule is CCC1(c2ccccc2C2(O)C=C(C)CC2)OCCO1. The highest BCUT2D eigenvalue weighted by molar-refractivity contribution is 5.41. The highest BCUT2D eigenvalue weighted by Gasteiger charge is 2.43. The van der Waals surface area contributed by atoms with Crippen LogP contribution in [0.25, 0.3) is 0 Å². The van der Waals surface area contributed by atoms with Crippen LogP contribution in [-0.4, -0.2) is 18.3 Å². The summed E-state index contributed by atoms with van der Waals surface area (Å²) in [5.41, 5.74) is 2.23. The van der Waals surface area contributed by atoms with Gasteiger partial charge in [0.25, 0.3) is 0 Å². The molecule has 20 heavy (non-hydrogen) atoms. The lowest BCUT2D eigenvalue weighted by atomic mass is 9.85. The Hall–Kier alpha value is -1.16. The lowest BCUT2D eigenvalue weighted by Gasteiger charge is -2.33. The predicted octanol–water partition coefficient (Wildman–Crippen LogP) is 3.22. The van der Waals surface area contributed by atoms with Crippen molar-refractivity contribution in [1.29, 1.82) is 0 Å². The van der Waals surface area contributed by atoms with Gasteiger partial charge >= 0.3 is 0 Å². The molecule has 1 aromatic carbocycles. The molecule has 1 aliphatic heterocycles. The number of aliphatic hydroxyl groups is 1. The second-order valence-corrected chi connectivity index (χ2v) is 5.76. The van der Waals surface area contributed by atoms with Crippen LogP contribution in [0.2, 0.25) is 0 Å². The Kier molecular flexibility index (Phi) is 3.44. The van der Waals surface area contributed by atoms with Crippen LogP contribution in [0.4, 0.5) is 0 Å². The van der Waals surface area contributed by atoms with Crippen molar-refractivity contribution >= 4 is 0 Å². The number of rotatable bonds is 3. The van der Waals surface area contributed by atoms with Crippen LogP contribution >= 0.6 is 0 Å². The zero-order chi connectivity index (χ0) is 14.2. The highest BCUT2D eigenvalue weighted by Crippen LogP contribution is 2.44. The first kappa shape index (κ1) is 13.8. The molecule has 0 radical (unpaired) electrons. The van der Waals surface area contributed by atoms with Gasteiger partial charge in [0.2, 0.25) is 0 Å². The maximum Gasteiger partial charge on any atom is 0.195 e. The van der Waals surface area contributed by atoms with Crippen molar-refractivity contribution < 1.29 is 14.6 Å². The van der Waals surface area contributed by atoms with Gasteiger partial charge in [0.1, 0.15) is 5.60 Å². The van der Waals surface area contributed by atoms with Crippen molar-refractivity contribution in [1.82, 2.24) is 0 Å². The molecule has 1 fully saturated rings. The van der Waals surface area contributed by atoms with Crippen LogP contribution in [0.1, 0.15) is 44.2 Å². The summed E-state index contributed by atoms with van der Waals surface area (Å²) in [5.74, 6) is -0.698. The topological polar surface area (TPSA) is 38.7 Å². The van der Waals surface area contributed by atoms with E-state index in [1.165, 1.54) is 5.57 Å². The molecule has 1 atom stereocenters. The minimum atomic E-state index is -0.891. The van der Waals surface area contributed by atoms with E-state index < -0.39 is 11.4 Å². The Balaban J connectivity index is 2.09. The van der Waals surface area contributed by atoms with Gasteiger partial charge in [-0.2, -0.15) is 0 Å². The zero-order valence-electron chi connectivity index (χ0n) is 12.2. The quantitative estimate of drug-likeness (QED) is 0.860. The summed E-state index contributed by atoms with van der Waals surface area (Å²) in [7, 11) is 0. The fraction of sp³-hybridized carbons (Fsp3) is 0.529. The molecule has 0 saturated carbocycles. The molecule has 1 N–H and O–H groups in total. The van der Waals surface area contributed by atoms with E-state index >= 15 is 0 Å². The second kappa shape index (κ2) is 4.99. The van der Waals surface area contributed by atoms with E-state index in [0.29, 0.717) is 13.2 Å². The smallest absolute Gasteiger partial charge is 0.195 e. The molecule has 108 valence electrons. The fourth-order valence-corrected chi connectivity index (χ4v) is 3.35. The van der Waals surface area contributed by atoms with Crippen molar-refractivity contribution in [2.24, 2.45) is 0 Å². The Morgan fingerprint density at radius 3 is 2.35 bits per heavy atom. The Bertz CT molecular complexity index is 529. The molecule has 0 aromatic heterocycles. The minimum Gasteiger partial charge on any atom is -0.381 e. The average molecular weight is 274 g/mol. The lowest BCUT2D eigenvalue weighted by Crippen LogP contribution is -2.32. The lowest BCUT2D eigenvalue weighted by molar-refractivity contribution is -0.169. The van der Waals surface area contributed by atoms with Crippen LogP contribution in [-0.2, 0) is 20.9 Å². The van der Waals surface area contributed by atoms with Crippen LogP contribution in [0, 0.1) is 0 Å². The van der Waals surface area contributed by atoms with Gasteiger partial charge in [0, 0.05) is 12.0 Å². The van der Waals surface area contributed by atoms with Crippen molar-refractivity contribution in [2.45, 2.75) is 44.5 Å². The van der Waals surface area contributed by atoms with Gasteiger partial charge in [-0.15, -0.1) is 0 Å². The summed E-state index contributed by atoms with van der Waals surface area (Å²) in [6.07, 6.45) is 4.38. The molecule has 0 bridgehead atoms. The second-order valence-electron chi connectivity index (χ2n) is 5.76. The number of allylic oxidation sites excluding steroid dienone is 1. The Morgan fingerprint density at radius 2 is 1.80 bits per heavy atom. The van der Waals surface area contributed by atoms with Gasteiger partial charge in [-0.25, -0.2) is 0 Å². The van der Waals surface area contributed by atoms with Gasteiger partial charge in [0.05, 0.1) is 13.2 Å². The first-order chi connectivity index (χ1) is 9.60. The zero-order valence-corrected chi connectivity index (χ0v) is 12.2. The third kappa shape index (κ3) is 2.10. The van der Waals surface area contributed by atoms with E-state index in [1.54, 1.807) is 0 Å². The minimum absolute atomic E-state index is 0.607. The third-order valence-corrected chi connectivity index (χ3v) is 4.41. The van der Waals surface area contributed by atoms with Gasteiger partial charge in [-0.05, 0) is 31.4 Å². The first-order valence-electron chi connectivity index (χ1n) is 7.38. The standard InChI is InChI=1S/C17H22O3/c1-3-17(19-10-11-20-17)15-7-5-4-6-14(15)16(18)9-8-13(2)12-16/h4-7,12,18H,3,8-11H2,1-2H3. The van der Waals surface area contributed by atoms with Crippen LogP contribution in [0.3, 0.4) is 0 Å².